The largest absolute Gasteiger partial charge is 0.335 e. The maximum Gasteiger partial charge on any atom is 0.334 e. The molecule has 0 unspecified atom stereocenters. The van der Waals surface area contributed by atoms with Gasteiger partial charge in [0.25, 0.3) is 0 Å². The summed E-state index contributed by atoms with van der Waals surface area (Å²) in [5, 5.41) is 4.64. The Bertz CT molecular complexity index is 630. The van der Waals surface area contributed by atoms with E-state index in [2.05, 4.69) is 10.6 Å². The number of imide groups is 3. The van der Waals surface area contributed by atoms with Crippen molar-refractivity contribution in [3.63, 3.8) is 0 Å². The van der Waals surface area contributed by atoms with Gasteiger partial charge in [0.1, 0.15) is 6.54 Å². The summed E-state index contributed by atoms with van der Waals surface area (Å²) in [4.78, 5) is 61.9. The molecule has 9 nitrogen and oxygen atoms in total. The summed E-state index contributed by atoms with van der Waals surface area (Å²) < 4.78 is 0. The molecule has 0 aromatic rings. The molecule has 2 atom stereocenters. The minimum atomic E-state index is -1.01. The fourth-order valence-electron chi connectivity index (χ4n) is 3.39. The van der Waals surface area contributed by atoms with Gasteiger partial charge in [0.2, 0.25) is 5.91 Å². The third kappa shape index (κ3) is 3.64. The van der Waals surface area contributed by atoms with E-state index in [1.807, 2.05) is 6.92 Å². The van der Waals surface area contributed by atoms with Gasteiger partial charge in [-0.3, -0.25) is 24.6 Å². The monoisotopic (exact) mass is 350 g/mol. The molecule has 1 saturated heterocycles. The first-order valence-corrected chi connectivity index (χ1v) is 8.68. The molecular weight excluding hydrogens is 328 g/mol. The van der Waals surface area contributed by atoms with Gasteiger partial charge in [-0.1, -0.05) is 19.8 Å². The Balaban J connectivity index is 1.62. The Morgan fingerprint density at radius 2 is 1.72 bits per heavy atom. The molecule has 2 N–H and O–H groups in total. The highest BCUT2D eigenvalue weighted by atomic mass is 16.2. The molecule has 9 heteroatoms. The van der Waals surface area contributed by atoms with Crippen LogP contribution < -0.4 is 10.6 Å². The Labute approximate surface area is 145 Å². The average molecular weight is 350 g/mol. The molecule has 3 rings (SSSR count). The van der Waals surface area contributed by atoms with Gasteiger partial charge in [0, 0.05) is 12.1 Å². The molecule has 1 aliphatic heterocycles. The number of urea groups is 2. The zero-order chi connectivity index (χ0) is 18.1. The van der Waals surface area contributed by atoms with Crippen molar-refractivity contribution in [1.82, 2.24) is 20.4 Å². The van der Waals surface area contributed by atoms with Gasteiger partial charge in [0.05, 0.1) is 0 Å². The van der Waals surface area contributed by atoms with Crippen molar-refractivity contribution in [1.29, 1.82) is 0 Å². The van der Waals surface area contributed by atoms with Crippen LogP contribution in [0, 0.1) is 5.92 Å². The molecule has 0 spiro atoms. The van der Waals surface area contributed by atoms with E-state index >= 15 is 0 Å². The molecular formula is C16H22N4O5. The maximum absolute atomic E-state index is 12.5. The van der Waals surface area contributed by atoms with E-state index in [1.54, 1.807) is 0 Å². The Kier molecular flexibility index (Phi) is 4.73. The van der Waals surface area contributed by atoms with E-state index in [4.69, 9.17) is 0 Å². The highest BCUT2D eigenvalue weighted by Crippen LogP contribution is 2.31. The molecule has 136 valence electrons. The number of carbonyl (C=O) groups is 5. The van der Waals surface area contributed by atoms with Crippen LogP contribution in [0.3, 0.4) is 0 Å². The van der Waals surface area contributed by atoms with Crippen molar-refractivity contribution in [2.24, 2.45) is 5.92 Å². The lowest BCUT2D eigenvalue weighted by Crippen LogP contribution is -2.48. The molecule has 0 bridgehead atoms. The second-order valence-corrected chi connectivity index (χ2v) is 6.97. The summed E-state index contributed by atoms with van der Waals surface area (Å²) >= 11 is 0. The number of hydrogen-bond donors (Lipinski definition) is 2. The first-order valence-electron chi connectivity index (χ1n) is 8.68. The molecule has 0 aromatic heterocycles. The minimum absolute atomic E-state index is 0.0766. The van der Waals surface area contributed by atoms with E-state index < -0.39 is 36.3 Å². The fourth-order valence-corrected chi connectivity index (χ4v) is 3.39. The van der Waals surface area contributed by atoms with Crippen LogP contribution in [-0.2, 0) is 14.4 Å². The van der Waals surface area contributed by atoms with Gasteiger partial charge in [0.15, 0.2) is 0 Å². The quantitative estimate of drug-likeness (QED) is 0.560. The van der Waals surface area contributed by atoms with Crippen LogP contribution in [0.1, 0.15) is 45.4 Å². The van der Waals surface area contributed by atoms with Crippen LogP contribution in [0.25, 0.3) is 0 Å². The maximum atomic E-state index is 12.5. The standard InChI is InChI=1S/C16H22N4O5/c1-9-4-2-3-5-11(9)20-14(23)13(22)19(16(20)25)8-12(21)18-15(24)17-10-6-7-10/h9-11H,2-8H2,1H3,(H2,17,18,21,24)/t9-,11+/m1/s1. The Hall–Kier alpha value is -2.45. The van der Waals surface area contributed by atoms with Crippen LogP contribution in [0.5, 0.6) is 0 Å². The highest BCUT2D eigenvalue weighted by Gasteiger charge is 2.49. The van der Waals surface area contributed by atoms with Gasteiger partial charge in [-0.15, -0.1) is 0 Å². The first kappa shape index (κ1) is 17.4. The zero-order valence-corrected chi connectivity index (χ0v) is 14.1. The lowest BCUT2D eigenvalue weighted by Gasteiger charge is -2.34. The molecule has 0 radical (unpaired) electrons. The van der Waals surface area contributed by atoms with Crippen LogP contribution in [-0.4, -0.2) is 58.2 Å². The topological polar surface area (TPSA) is 116 Å². The van der Waals surface area contributed by atoms with E-state index in [1.165, 1.54) is 0 Å². The smallest absolute Gasteiger partial charge is 0.334 e. The normalized spacial score (nSPS) is 26.8. The van der Waals surface area contributed by atoms with Crippen LogP contribution in [0.2, 0.25) is 0 Å². The predicted molar refractivity (Wildman–Crippen MR) is 85.1 cm³/mol. The molecule has 7 amide bonds. The minimum Gasteiger partial charge on any atom is -0.335 e. The van der Waals surface area contributed by atoms with Gasteiger partial charge in [-0.2, -0.15) is 0 Å². The summed E-state index contributed by atoms with van der Waals surface area (Å²) in [5.74, 6) is -2.58. The van der Waals surface area contributed by atoms with Crippen molar-refractivity contribution < 1.29 is 24.0 Å². The summed E-state index contributed by atoms with van der Waals surface area (Å²) in [6, 6.07) is -1.67. The molecule has 1 heterocycles. The lowest BCUT2D eigenvalue weighted by molar-refractivity contribution is -0.145. The number of nitrogens with one attached hydrogen (secondary N) is 2. The summed E-state index contributed by atoms with van der Waals surface area (Å²) in [5.41, 5.74) is 0. The summed E-state index contributed by atoms with van der Waals surface area (Å²) in [7, 11) is 0. The molecule has 3 aliphatic rings. The molecule has 2 aliphatic carbocycles. The van der Waals surface area contributed by atoms with Gasteiger partial charge < -0.3 is 5.32 Å². The predicted octanol–water partition coefficient (Wildman–Crippen LogP) is 0.344. The second-order valence-electron chi connectivity index (χ2n) is 6.97. The van der Waals surface area contributed by atoms with Crippen LogP contribution >= 0.6 is 0 Å². The van der Waals surface area contributed by atoms with E-state index in [0.29, 0.717) is 11.3 Å². The van der Waals surface area contributed by atoms with Crippen molar-refractivity contribution in [2.45, 2.75) is 57.5 Å². The number of nitrogens with zero attached hydrogens (tertiary/aromatic N) is 2. The number of carbonyl (C=O) groups excluding carboxylic acids is 5. The van der Waals surface area contributed by atoms with Crippen molar-refractivity contribution in [3.05, 3.63) is 0 Å². The van der Waals surface area contributed by atoms with Crippen molar-refractivity contribution in [3.8, 4) is 0 Å². The molecule has 0 aromatic carbocycles. The highest BCUT2D eigenvalue weighted by molar-refractivity contribution is 6.45. The Morgan fingerprint density at radius 1 is 1.04 bits per heavy atom. The van der Waals surface area contributed by atoms with E-state index in [-0.39, 0.29) is 18.0 Å². The van der Waals surface area contributed by atoms with E-state index in [0.717, 1.165) is 37.0 Å². The number of hydrogen-bond acceptors (Lipinski definition) is 5. The third-order valence-corrected chi connectivity index (χ3v) is 4.95. The summed E-state index contributed by atoms with van der Waals surface area (Å²) in [6.45, 7) is 1.31. The molecule has 2 saturated carbocycles. The molecule has 25 heavy (non-hydrogen) atoms. The fraction of sp³-hybridized carbons (Fsp3) is 0.688. The first-order chi connectivity index (χ1) is 11.9. The second kappa shape index (κ2) is 6.81. The van der Waals surface area contributed by atoms with Crippen LogP contribution in [0.15, 0.2) is 0 Å². The number of amides is 7. The lowest BCUT2D eigenvalue weighted by atomic mass is 9.85. The third-order valence-electron chi connectivity index (χ3n) is 4.95. The Morgan fingerprint density at radius 3 is 2.36 bits per heavy atom. The van der Waals surface area contributed by atoms with Gasteiger partial charge in [-0.25, -0.2) is 14.5 Å². The SMILES string of the molecule is C[C@@H]1CCCC[C@@H]1N1C(=O)C(=O)N(CC(=O)NC(=O)NC2CC2)C1=O. The van der Waals surface area contributed by atoms with Gasteiger partial charge in [-0.05, 0) is 31.6 Å². The molecule has 3 fully saturated rings. The van der Waals surface area contributed by atoms with Gasteiger partial charge >= 0.3 is 23.9 Å². The van der Waals surface area contributed by atoms with Crippen LogP contribution in [0.4, 0.5) is 9.59 Å². The van der Waals surface area contributed by atoms with E-state index in [9.17, 15) is 24.0 Å². The number of rotatable bonds is 4. The average Bonchev–Trinajstić information content (AvgIpc) is 3.34. The van der Waals surface area contributed by atoms with Crippen molar-refractivity contribution >= 4 is 29.8 Å². The van der Waals surface area contributed by atoms with Crippen molar-refractivity contribution in [2.75, 3.05) is 6.54 Å². The summed E-state index contributed by atoms with van der Waals surface area (Å²) in [6.07, 6.45) is 5.21. The zero-order valence-electron chi connectivity index (χ0n) is 14.1.